The maximum absolute atomic E-state index is 14.5. The lowest BCUT2D eigenvalue weighted by Gasteiger charge is -2.33. The van der Waals surface area contributed by atoms with E-state index >= 15 is 0 Å². The lowest BCUT2D eigenvalue weighted by Crippen LogP contribution is -2.46. The Morgan fingerprint density at radius 1 is 1.10 bits per heavy atom. The summed E-state index contributed by atoms with van der Waals surface area (Å²) in [6.07, 6.45) is 0. The molecule has 0 unspecified atom stereocenters. The molecule has 0 radical (unpaired) electrons. The van der Waals surface area contributed by atoms with Crippen molar-refractivity contribution in [2.24, 2.45) is 0 Å². The van der Waals surface area contributed by atoms with Gasteiger partial charge in [-0.25, -0.2) is 9.18 Å². The van der Waals surface area contributed by atoms with E-state index in [0.29, 0.717) is 29.6 Å². The Kier molecular flexibility index (Phi) is 5.78. The fourth-order valence-corrected chi connectivity index (χ4v) is 4.19. The molecule has 1 aromatic heterocycles. The largest absolute Gasteiger partial charge is 0.336 e. The monoisotopic (exact) mass is 426 g/mol. The molecule has 154 valence electrons. The molecule has 2 heterocycles. The molecule has 3 aromatic rings. The highest BCUT2D eigenvalue weighted by Crippen LogP contribution is 2.18. The van der Waals surface area contributed by atoms with Gasteiger partial charge in [0.15, 0.2) is 7.12 Å². The number of para-hydroxylation sites is 1. The Morgan fingerprint density at radius 2 is 1.83 bits per heavy atom. The number of H-pyrrole nitrogens is 1. The Hall–Kier alpha value is -2.85. The number of aromatic amines is 1. The van der Waals surface area contributed by atoms with Gasteiger partial charge < -0.3 is 4.90 Å². The van der Waals surface area contributed by atoms with Crippen molar-refractivity contribution >= 4 is 35.7 Å². The first-order chi connectivity index (χ1) is 14.5. The standard InChI is InChI=1S/C20H20BFN4O3S/c21-30-25-9-7-24(8-10-25)19(28)15-11-13(5-6-16(15)22)12-26-17-4-2-1-3-14(17)18(27)23-20(26)29/h1-6,11H,7-10,12,21H2,(H,23,27,29). The molecule has 0 aliphatic carbocycles. The van der Waals surface area contributed by atoms with Crippen LogP contribution in [0.4, 0.5) is 4.39 Å². The number of aromatic nitrogens is 2. The summed E-state index contributed by atoms with van der Waals surface area (Å²) >= 11 is 1.63. The first-order valence-corrected chi connectivity index (χ1v) is 10.7. The van der Waals surface area contributed by atoms with Gasteiger partial charge in [-0.05, 0) is 29.8 Å². The van der Waals surface area contributed by atoms with Gasteiger partial charge in [-0.1, -0.05) is 18.2 Å². The molecular formula is C20H20BFN4O3S. The molecule has 1 amide bonds. The third kappa shape index (κ3) is 3.92. The van der Waals surface area contributed by atoms with E-state index in [2.05, 4.69) is 9.29 Å². The van der Waals surface area contributed by atoms with Crippen LogP contribution in [0, 0.1) is 5.82 Å². The average molecular weight is 426 g/mol. The van der Waals surface area contributed by atoms with E-state index < -0.39 is 17.1 Å². The van der Waals surface area contributed by atoms with Crippen molar-refractivity contribution in [3.05, 3.63) is 80.2 Å². The summed E-state index contributed by atoms with van der Waals surface area (Å²) < 4.78 is 18.0. The lowest BCUT2D eigenvalue weighted by molar-refractivity contribution is 0.0699. The Morgan fingerprint density at radius 3 is 2.57 bits per heavy atom. The van der Waals surface area contributed by atoms with Crippen LogP contribution in [0.5, 0.6) is 0 Å². The second kappa shape index (κ2) is 8.49. The number of benzene rings is 2. The third-order valence-electron chi connectivity index (χ3n) is 5.29. The number of halogens is 1. The van der Waals surface area contributed by atoms with Crippen molar-refractivity contribution in [1.29, 1.82) is 0 Å². The summed E-state index contributed by atoms with van der Waals surface area (Å²) in [4.78, 5) is 41.3. The average Bonchev–Trinajstić information content (AvgIpc) is 2.77. The molecule has 10 heteroatoms. The molecule has 0 bridgehead atoms. The highest BCUT2D eigenvalue weighted by atomic mass is 32.2. The lowest BCUT2D eigenvalue weighted by atomic mass is 10.1. The number of nitrogens with one attached hydrogen (secondary N) is 1. The second-order valence-corrected chi connectivity index (χ2v) is 7.96. The quantitative estimate of drug-likeness (QED) is 0.494. The van der Waals surface area contributed by atoms with Crippen LogP contribution in [-0.4, -0.2) is 58.0 Å². The van der Waals surface area contributed by atoms with E-state index in [0.717, 1.165) is 13.1 Å². The van der Waals surface area contributed by atoms with Crippen LogP contribution < -0.4 is 11.2 Å². The number of amides is 1. The smallest absolute Gasteiger partial charge is 0.329 e. The summed E-state index contributed by atoms with van der Waals surface area (Å²) in [7, 11) is 1.99. The minimum absolute atomic E-state index is 0.00752. The van der Waals surface area contributed by atoms with Crippen LogP contribution >= 0.6 is 11.8 Å². The molecule has 1 N–H and O–H groups in total. The molecule has 1 fully saturated rings. The fraction of sp³-hybridized carbons (Fsp3) is 0.250. The van der Waals surface area contributed by atoms with E-state index in [1.54, 1.807) is 47.0 Å². The summed E-state index contributed by atoms with van der Waals surface area (Å²) in [5.74, 6) is -0.941. The van der Waals surface area contributed by atoms with Crippen LogP contribution in [0.1, 0.15) is 15.9 Å². The molecule has 4 rings (SSSR count). The van der Waals surface area contributed by atoms with E-state index in [1.165, 1.54) is 16.7 Å². The van der Waals surface area contributed by atoms with Gasteiger partial charge in [0.05, 0.1) is 23.0 Å². The van der Waals surface area contributed by atoms with Gasteiger partial charge in [0.25, 0.3) is 11.5 Å². The maximum Gasteiger partial charge on any atom is 0.329 e. The Bertz CT molecular complexity index is 1220. The molecule has 0 saturated carbocycles. The van der Waals surface area contributed by atoms with Gasteiger partial charge in [-0.15, -0.1) is 11.8 Å². The highest BCUT2D eigenvalue weighted by Gasteiger charge is 2.24. The first-order valence-electron chi connectivity index (χ1n) is 9.56. The highest BCUT2D eigenvalue weighted by molar-refractivity contribution is 8.17. The van der Waals surface area contributed by atoms with Crippen molar-refractivity contribution in [2.75, 3.05) is 26.2 Å². The zero-order chi connectivity index (χ0) is 21.3. The molecule has 1 aliphatic rings. The molecule has 1 aliphatic heterocycles. The van der Waals surface area contributed by atoms with Crippen molar-refractivity contribution < 1.29 is 9.18 Å². The summed E-state index contributed by atoms with van der Waals surface area (Å²) in [6, 6.07) is 11.1. The topological polar surface area (TPSA) is 78.4 Å². The predicted octanol–water partition coefficient (Wildman–Crippen LogP) is 0.831. The fourth-order valence-electron chi connectivity index (χ4n) is 3.66. The van der Waals surface area contributed by atoms with Crippen molar-refractivity contribution in [2.45, 2.75) is 6.54 Å². The number of carbonyl (C=O) groups excluding carboxylic acids is 1. The van der Waals surface area contributed by atoms with Crippen LogP contribution in [0.2, 0.25) is 0 Å². The number of rotatable bonds is 4. The van der Waals surface area contributed by atoms with Gasteiger partial charge in [-0.2, -0.15) is 0 Å². The third-order valence-corrected chi connectivity index (χ3v) is 6.17. The van der Waals surface area contributed by atoms with Gasteiger partial charge in [-0.3, -0.25) is 23.4 Å². The molecule has 30 heavy (non-hydrogen) atoms. The van der Waals surface area contributed by atoms with E-state index in [1.807, 2.05) is 7.12 Å². The van der Waals surface area contributed by atoms with Crippen LogP contribution in [0.25, 0.3) is 10.9 Å². The normalized spacial score (nSPS) is 14.9. The molecule has 0 atom stereocenters. The number of piperazine rings is 1. The van der Waals surface area contributed by atoms with Crippen molar-refractivity contribution in [1.82, 2.24) is 18.8 Å². The van der Waals surface area contributed by atoms with Gasteiger partial charge in [0.2, 0.25) is 0 Å². The number of hydrogen-bond donors (Lipinski definition) is 1. The first kappa shape index (κ1) is 20.4. The zero-order valence-electron chi connectivity index (χ0n) is 16.4. The van der Waals surface area contributed by atoms with E-state index in [9.17, 15) is 18.8 Å². The Balaban J connectivity index is 1.65. The number of carbonyl (C=O) groups is 1. The Labute approximate surface area is 176 Å². The number of hydrogen-bond acceptors (Lipinski definition) is 5. The second-order valence-electron chi connectivity index (χ2n) is 7.08. The predicted molar refractivity (Wildman–Crippen MR) is 118 cm³/mol. The molecule has 1 saturated heterocycles. The number of nitrogens with zero attached hydrogens (tertiary/aromatic N) is 3. The SMILES string of the molecule is BSN1CCN(C(=O)c2cc(Cn3c(=O)[nH]c(=O)c4ccccc43)ccc2F)CC1. The van der Waals surface area contributed by atoms with Crippen LogP contribution in [-0.2, 0) is 6.54 Å². The maximum atomic E-state index is 14.5. The van der Waals surface area contributed by atoms with Gasteiger partial charge in [0, 0.05) is 26.2 Å². The zero-order valence-corrected chi connectivity index (χ0v) is 17.2. The van der Waals surface area contributed by atoms with Crippen molar-refractivity contribution in [3.63, 3.8) is 0 Å². The molecule has 2 aromatic carbocycles. The molecule has 0 spiro atoms. The van der Waals surface area contributed by atoms with Crippen molar-refractivity contribution in [3.8, 4) is 0 Å². The van der Waals surface area contributed by atoms with Crippen LogP contribution in [0.3, 0.4) is 0 Å². The van der Waals surface area contributed by atoms with E-state index in [4.69, 9.17) is 0 Å². The van der Waals surface area contributed by atoms with Gasteiger partial charge >= 0.3 is 5.69 Å². The minimum Gasteiger partial charge on any atom is -0.336 e. The molecule has 7 nitrogen and oxygen atoms in total. The summed E-state index contributed by atoms with van der Waals surface area (Å²) in [6.45, 7) is 2.64. The van der Waals surface area contributed by atoms with E-state index in [-0.39, 0.29) is 18.0 Å². The van der Waals surface area contributed by atoms with Crippen LogP contribution in [0.15, 0.2) is 52.1 Å². The summed E-state index contributed by atoms with van der Waals surface area (Å²) in [5.41, 5.74) is 0.0700. The van der Waals surface area contributed by atoms with Gasteiger partial charge in [0.1, 0.15) is 5.82 Å². The minimum atomic E-state index is -0.588. The number of fused-ring (bicyclic) bond motifs is 1. The summed E-state index contributed by atoms with van der Waals surface area (Å²) in [5, 5.41) is 0.391. The molecular weight excluding hydrogens is 406 g/mol.